The quantitative estimate of drug-likeness (QED) is 0.650. The lowest BCUT2D eigenvalue weighted by atomic mass is 10.0. The lowest BCUT2D eigenvalue weighted by Gasteiger charge is -2.18. The van der Waals surface area contributed by atoms with Crippen LogP contribution < -0.4 is 10.5 Å². The molecule has 3 heteroatoms. The third-order valence-electron chi connectivity index (χ3n) is 1.92. The predicted octanol–water partition coefficient (Wildman–Crippen LogP) is 1.46. The van der Waals surface area contributed by atoms with Crippen LogP contribution in [0.1, 0.15) is 12.8 Å². The Morgan fingerprint density at radius 1 is 1.67 bits per heavy atom. The van der Waals surface area contributed by atoms with Gasteiger partial charge < -0.3 is 5.73 Å². The van der Waals surface area contributed by atoms with Gasteiger partial charge in [0.15, 0.2) is 0 Å². The van der Waals surface area contributed by atoms with Crippen molar-refractivity contribution < 1.29 is 0 Å². The minimum atomic E-state index is 0.316. The maximum atomic E-state index is 5.64. The molecular weight excluding hydrogens is 168 g/mol. The molecule has 0 aromatic rings. The Balaban J connectivity index is 2.52. The topological polar surface area (TPSA) is 38.0 Å². The average molecular weight is 184 g/mol. The van der Waals surface area contributed by atoms with Gasteiger partial charge in [-0.15, -0.1) is 0 Å². The highest BCUT2D eigenvalue weighted by atomic mass is 32.2. The Morgan fingerprint density at radius 3 is 3.00 bits per heavy atom. The predicted molar refractivity (Wildman–Crippen MR) is 56.0 cm³/mol. The van der Waals surface area contributed by atoms with Gasteiger partial charge in [-0.2, -0.15) is 0 Å². The number of nitrogens with two attached hydrogens (primary N) is 1. The summed E-state index contributed by atoms with van der Waals surface area (Å²) in [6.07, 6.45) is 11.0. The van der Waals surface area contributed by atoms with Crippen molar-refractivity contribution in [2.75, 3.05) is 12.8 Å². The fraction of sp³-hybridized carbons (Fsp3) is 0.556. The van der Waals surface area contributed by atoms with Gasteiger partial charge >= 0.3 is 0 Å². The van der Waals surface area contributed by atoms with E-state index < -0.39 is 0 Å². The number of allylic oxidation sites excluding steroid dienone is 2. The first kappa shape index (κ1) is 9.84. The van der Waals surface area contributed by atoms with Crippen molar-refractivity contribution in [1.82, 2.24) is 4.72 Å². The number of hydrogen-bond acceptors (Lipinski definition) is 3. The summed E-state index contributed by atoms with van der Waals surface area (Å²) in [7, 11) is 0. The van der Waals surface area contributed by atoms with Crippen LogP contribution >= 0.6 is 11.9 Å². The van der Waals surface area contributed by atoms with Crippen LogP contribution in [0, 0.1) is 0 Å². The van der Waals surface area contributed by atoms with E-state index >= 15 is 0 Å². The van der Waals surface area contributed by atoms with Crippen LogP contribution in [0.25, 0.3) is 0 Å². The van der Waals surface area contributed by atoms with E-state index in [-0.39, 0.29) is 0 Å². The molecule has 0 aromatic heterocycles. The van der Waals surface area contributed by atoms with Gasteiger partial charge in [-0.05, 0) is 24.7 Å². The van der Waals surface area contributed by atoms with Crippen molar-refractivity contribution in [2.24, 2.45) is 5.73 Å². The van der Waals surface area contributed by atoms with E-state index in [1.807, 2.05) is 6.26 Å². The largest absolute Gasteiger partial charge is 0.329 e. The van der Waals surface area contributed by atoms with E-state index in [9.17, 15) is 0 Å². The second kappa shape index (κ2) is 5.41. The Kier molecular flexibility index (Phi) is 4.43. The first-order valence-electron chi connectivity index (χ1n) is 4.23. The van der Waals surface area contributed by atoms with E-state index in [1.165, 1.54) is 12.0 Å². The Labute approximate surface area is 78.4 Å². The molecule has 12 heavy (non-hydrogen) atoms. The molecule has 2 nitrogen and oxygen atoms in total. The minimum absolute atomic E-state index is 0.316. The normalized spacial score (nSPS) is 19.0. The molecule has 3 N–H and O–H groups in total. The molecule has 0 fully saturated rings. The van der Waals surface area contributed by atoms with Gasteiger partial charge in [-0.25, -0.2) is 0 Å². The number of hydrogen-bond donors (Lipinski definition) is 2. The lowest BCUT2D eigenvalue weighted by molar-refractivity contribution is 0.734. The van der Waals surface area contributed by atoms with Crippen molar-refractivity contribution in [3.05, 3.63) is 23.8 Å². The van der Waals surface area contributed by atoms with Gasteiger partial charge in [-0.1, -0.05) is 30.2 Å². The summed E-state index contributed by atoms with van der Waals surface area (Å²) in [6, 6.07) is 0.316. The molecule has 68 valence electrons. The average Bonchev–Trinajstić information content (AvgIpc) is 2.15. The van der Waals surface area contributed by atoms with Crippen molar-refractivity contribution in [2.45, 2.75) is 18.9 Å². The second-order valence-electron chi connectivity index (χ2n) is 2.79. The summed E-state index contributed by atoms with van der Waals surface area (Å²) in [5.74, 6) is 0. The summed E-state index contributed by atoms with van der Waals surface area (Å²) >= 11 is 1.62. The third kappa shape index (κ3) is 2.66. The molecule has 1 atom stereocenters. The van der Waals surface area contributed by atoms with Crippen LogP contribution in [0.3, 0.4) is 0 Å². The van der Waals surface area contributed by atoms with Crippen molar-refractivity contribution in [3.63, 3.8) is 0 Å². The first-order valence-corrected chi connectivity index (χ1v) is 5.46. The Bertz CT molecular complexity index is 187. The maximum absolute atomic E-state index is 5.64. The summed E-state index contributed by atoms with van der Waals surface area (Å²) in [5, 5.41) is 0. The fourth-order valence-corrected chi connectivity index (χ4v) is 1.80. The molecule has 0 saturated carbocycles. The summed E-state index contributed by atoms with van der Waals surface area (Å²) < 4.78 is 3.27. The van der Waals surface area contributed by atoms with Gasteiger partial charge in [0.2, 0.25) is 0 Å². The zero-order valence-electron chi connectivity index (χ0n) is 7.42. The molecule has 0 saturated heterocycles. The van der Waals surface area contributed by atoms with Gasteiger partial charge in [-0.3, -0.25) is 4.72 Å². The fourth-order valence-electron chi connectivity index (χ4n) is 1.29. The monoisotopic (exact) mass is 184 g/mol. The van der Waals surface area contributed by atoms with E-state index in [2.05, 4.69) is 23.0 Å². The van der Waals surface area contributed by atoms with Crippen LogP contribution in [-0.2, 0) is 0 Å². The van der Waals surface area contributed by atoms with Crippen LogP contribution in [0.5, 0.6) is 0 Å². The van der Waals surface area contributed by atoms with Crippen LogP contribution in [-0.4, -0.2) is 18.8 Å². The maximum Gasteiger partial charge on any atom is 0.0540 e. The molecule has 0 aliphatic heterocycles. The first-order chi connectivity index (χ1) is 5.88. The van der Waals surface area contributed by atoms with E-state index in [0.29, 0.717) is 12.6 Å². The summed E-state index contributed by atoms with van der Waals surface area (Å²) in [5.41, 5.74) is 6.97. The zero-order chi connectivity index (χ0) is 8.81. The van der Waals surface area contributed by atoms with Gasteiger partial charge in [0.05, 0.1) is 6.04 Å². The molecule has 1 unspecified atom stereocenters. The Morgan fingerprint density at radius 2 is 2.50 bits per heavy atom. The van der Waals surface area contributed by atoms with E-state index in [0.717, 1.165) is 6.42 Å². The molecule has 1 rings (SSSR count). The van der Waals surface area contributed by atoms with Crippen molar-refractivity contribution >= 4 is 11.9 Å². The minimum Gasteiger partial charge on any atom is -0.329 e. The number of nitrogens with one attached hydrogen (secondary N) is 1. The van der Waals surface area contributed by atoms with Gasteiger partial charge in [0, 0.05) is 6.54 Å². The third-order valence-corrected chi connectivity index (χ3v) is 2.44. The van der Waals surface area contributed by atoms with Crippen LogP contribution in [0.15, 0.2) is 23.8 Å². The Hall–Kier alpha value is -0.250. The second-order valence-corrected chi connectivity index (χ2v) is 3.44. The molecule has 0 radical (unpaired) electrons. The summed E-state index contributed by atoms with van der Waals surface area (Å²) in [4.78, 5) is 0. The van der Waals surface area contributed by atoms with Crippen LogP contribution in [0.4, 0.5) is 0 Å². The zero-order valence-corrected chi connectivity index (χ0v) is 8.23. The SMILES string of the molecule is CSNC(CN)C1=CCCC=C1. The standard InChI is InChI=1S/C9H16N2S/c1-12-11-9(7-10)8-5-3-2-4-6-8/h3,5-6,9,11H,2,4,7,10H2,1H3. The summed E-state index contributed by atoms with van der Waals surface area (Å²) in [6.45, 7) is 0.664. The molecule has 0 aromatic carbocycles. The highest BCUT2D eigenvalue weighted by Crippen LogP contribution is 2.13. The molecule has 0 heterocycles. The molecular formula is C9H16N2S. The molecule has 1 aliphatic rings. The molecule has 0 amide bonds. The molecule has 0 spiro atoms. The smallest absolute Gasteiger partial charge is 0.0540 e. The van der Waals surface area contributed by atoms with Gasteiger partial charge in [0.25, 0.3) is 0 Å². The highest BCUT2D eigenvalue weighted by Gasteiger charge is 2.09. The lowest BCUT2D eigenvalue weighted by Crippen LogP contribution is -2.33. The number of rotatable bonds is 4. The van der Waals surface area contributed by atoms with Crippen molar-refractivity contribution in [3.8, 4) is 0 Å². The van der Waals surface area contributed by atoms with Crippen molar-refractivity contribution in [1.29, 1.82) is 0 Å². The molecule has 0 bridgehead atoms. The molecule has 1 aliphatic carbocycles. The van der Waals surface area contributed by atoms with E-state index in [1.54, 1.807) is 11.9 Å². The van der Waals surface area contributed by atoms with Gasteiger partial charge in [0.1, 0.15) is 0 Å². The van der Waals surface area contributed by atoms with E-state index in [4.69, 9.17) is 5.73 Å². The van der Waals surface area contributed by atoms with Crippen LogP contribution in [0.2, 0.25) is 0 Å². The highest BCUT2D eigenvalue weighted by molar-refractivity contribution is 7.96.